The zero-order valence-electron chi connectivity index (χ0n) is 15.2. The Hall–Kier alpha value is -2.28. The van der Waals surface area contributed by atoms with Crippen molar-refractivity contribution >= 4 is 23.5 Å². The summed E-state index contributed by atoms with van der Waals surface area (Å²) in [4.78, 5) is 17.5. The highest BCUT2D eigenvalue weighted by atomic mass is 32.2. The first kappa shape index (κ1) is 17.1. The molecule has 26 heavy (non-hydrogen) atoms. The number of allylic oxidation sites excluding steroid dienone is 2. The van der Waals surface area contributed by atoms with Gasteiger partial charge < -0.3 is 10.1 Å². The van der Waals surface area contributed by atoms with Crippen LogP contribution in [0.25, 0.3) is 0 Å². The van der Waals surface area contributed by atoms with Crippen molar-refractivity contribution in [3.63, 3.8) is 0 Å². The van der Waals surface area contributed by atoms with E-state index in [0.29, 0.717) is 30.1 Å². The Balaban J connectivity index is 1.87. The van der Waals surface area contributed by atoms with Gasteiger partial charge in [0.05, 0.1) is 6.61 Å². The van der Waals surface area contributed by atoms with Gasteiger partial charge in [0.25, 0.3) is 0 Å². The number of fused-ring (bicyclic) bond motifs is 1. The molecule has 6 nitrogen and oxygen atoms in total. The van der Waals surface area contributed by atoms with Crippen molar-refractivity contribution in [2.75, 3.05) is 18.2 Å². The monoisotopic (exact) mass is 370 g/mol. The van der Waals surface area contributed by atoms with Gasteiger partial charge in [-0.15, -0.1) is 5.10 Å². The average molecular weight is 370 g/mol. The number of rotatable bonds is 4. The van der Waals surface area contributed by atoms with Crippen LogP contribution in [0, 0.1) is 5.92 Å². The van der Waals surface area contributed by atoms with Gasteiger partial charge in [0, 0.05) is 17.7 Å². The summed E-state index contributed by atoms with van der Waals surface area (Å²) in [5.74, 6) is 2.01. The van der Waals surface area contributed by atoms with E-state index in [1.807, 2.05) is 42.1 Å². The molecule has 2 heterocycles. The van der Waals surface area contributed by atoms with Gasteiger partial charge in [-0.25, -0.2) is 4.68 Å². The topological polar surface area (TPSA) is 69.0 Å². The standard InChI is InChI=1S/C19H22N4O2S/c1-4-25-13-7-5-6-12(10-13)17-16-14(8-11(2)9-15(16)24)20-18-21-19(26-3)22-23(17)18/h5-7,10-11,17H,4,8-9H2,1-3H3,(H,20,21,22)/t11-,17-/m0/s1. The van der Waals surface area contributed by atoms with Crippen LogP contribution < -0.4 is 10.1 Å². The molecule has 1 aromatic carbocycles. The van der Waals surface area contributed by atoms with E-state index >= 15 is 0 Å². The lowest BCUT2D eigenvalue weighted by Gasteiger charge is -2.34. The molecule has 1 aliphatic heterocycles. The Bertz CT molecular complexity index is 889. The Labute approximate surface area is 157 Å². The molecule has 7 heteroatoms. The molecule has 0 spiro atoms. The number of ether oxygens (including phenoxy) is 1. The number of Topliss-reactive ketones (excluding diaryl/α,β-unsaturated/α-hetero) is 1. The summed E-state index contributed by atoms with van der Waals surface area (Å²) in [6.45, 7) is 4.68. The lowest BCUT2D eigenvalue weighted by molar-refractivity contribution is -0.117. The SMILES string of the molecule is CCOc1cccc([C@H]2C3=C(C[C@H](C)CC3=O)Nc3nc(SC)nn32)c1. The molecule has 1 N–H and O–H groups in total. The zero-order chi connectivity index (χ0) is 18.3. The summed E-state index contributed by atoms with van der Waals surface area (Å²) >= 11 is 1.49. The number of nitrogens with one attached hydrogen (secondary N) is 1. The van der Waals surface area contributed by atoms with Crippen LogP contribution in [0.15, 0.2) is 40.7 Å². The molecule has 0 saturated heterocycles. The van der Waals surface area contributed by atoms with Gasteiger partial charge in [0.2, 0.25) is 11.1 Å². The number of hydrogen-bond acceptors (Lipinski definition) is 6. The van der Waals surface area contributed by atoms with Gasteiger partial charge in [-0.05, 0) is 43.2 Å². The Morgan fingerprint density at radius 2 is 2.23 bits per heavy atom. The first-order chi connectivity index (χ1) is 12.6. The third-order valence-corrected chi connectivity index (χ3v) is 5.31. The van der Waals surface area contributed by atoms with Crippen LogP contribution in [0.4, 0.5) is 5.95 Å². The molecule has 2 aliphatic rings. The zero-order valence-corrected chi connectivity index (χ0v) is 16.0. The molecule has 2 aromatic rings. The molecule has 4 rings (SSSR count). The predicted molar refractivity (Wildman–Crippen MR) is 102 cm³/mol. The Kier molecular flexibility index (Phi) is 4.48. The van der Waals surface area contributed by atoms with Crippen LogP contribution in [-0.4, -0.2) is 33.4 Å². The maximum atomic E-state index is 12.9. The van der Waals surface area contributed by atoms with Gasteiger partial charge >= 0.3 is 0 Å². The maximum absolute atomic E-state index is 12.9. The van der Waals surface area contributed by atoms with Crippen molar-refractivity contribution in [1.29, 1.82) is 0 Å². The van der Waals surface area contributed by atoms with Gasteiger partial charge in [-0.2, -0.15) is 4.98 Å². The lowest BCUT2D eigenvalue weighted by Crippen LogP contribution is -2.33. The molecule has 0 amide bonds. The van der Waals surface area contributed by atoms with Gasteiger partial charge in [0.1, 0.15) is 11.8 Å². The summed E-state index contributed by atoms with van der Waals surface area (Å²) in [7, 11) is 0. The van der Waals surface area contributed by atoms with Crippen molar-refractivity contribution in [1.82, 2.24) is 14.8 Å². The third kappa shape index (κ3) is 2.90. The molecular formula is C19H22N4O2S. The first-order valence-electron chi connectivity index (χ1n) is 8.87. The number of ketones is 1. The average Bonchev–Trinajstić information content (AvgIpc) is 3.03. The number of aromatic nitrogens is 3. The minimum absolute atomic E-state index is 0.185. The molecule has 0 unspecified atom stereocenters. The van der Waals surface area contributed by atoms with E-state index in [1.54, 1.807) is 0 Å². The van der Waals surface area contributed by atoms with Crippen molar-refractivity contribution in [3.05, 3.63) is 41.1 Å². The van der Waals surface area contributed by atoms with E-state index in [-0.39, 0.29) is 11.8 Å². The number of anilines is 1. The number of carbonyl (C=O) groups excluding carboxylic acids is 1. The van der Waals surface area contributed by atoms with Crippen LogP contribution >= 0.6 is 11.8 Å². The highest BCUT2D eigenvalue weighted by Crippen LogP contribution is 2.42. The van der Waals surface area contributed by atoms with Crippen LogP contribution in [0.3, 0.4) is 0 Å². The molecule has 0 fully saturated rings. The highest BCUT2D eigenvalue weighted by molar-refractivity contribution is 7.98. The summed E-state index contributed by atoms with van der Waals surface area (Å²) < 4.78 is 7.50. The number of carbonyl (C=O) groups is 1. The van der Waals surface area contributed by atoms with Gasteiger partial charge in [-0.3, -0.25) is 4.79 Å². The normalized spacial score (nSPS) is 21.9. The third-order valence-electron chi connectivity index (χ3n) is 4.77. The molecular weight excluding hydrogens is 348 g/mol. The first-order valence-corrected chi connectivity index (χ1v) is 10.1. The quantitative estimate of drug-likeness (QED) is 0.828. The molecule has 1 aliphatic carbocycles. The fourth-order valence-corrected chi connectivity index (χ4v) is 4.07. The second-order valence-electron chi connectivity index (χ2n) is 6.73. The smallest absolute Gasteiger partial charge is 0.227 e. The number of thioether (sulfide) groups is 1. The van der Waals surface area contributed by atoms with E-state index in [0.717, 1.165) is 29.0 Å². The largest absolute Gasteiger partial charge is 0.494 e. The molecule has 0 radical (unpaired) electrons. The Morgan fingerprint density at radius 3 is 3.00 bits per heavy atom. The van der Waals surface area contributed by atoms with Gasteiger partial charge in [-0.1, -0.05) is 30.8 Å². The van der Waals surface area contributed by atoms with Crippen LogP contribution in [-0.2, 0) is 4.79 Å². The van der Waals surface area contributed by atoms with Crippen molar-refractivity contribution in [2.24, 2.45) is 5.92 Å². The lowest BCUT2D eigenvalue weighted by atomic mass is 9.81. The van der Waals surface area contributed by atoms with E-state index < -0.39 is 0 Å². The fourth-order valence-electron chi connectivity index (χ4n) is 3.72. The van der Waals surface area contributed by atoms with Crippen LogP contribution in [0.1, 0.15) is 38.3 Å². The molecule has 1 aromatic heterocycles. The molecule has 2 atom stereocenters. The second kappa shape index (κ2) is 6.79. The van der Waals surface area contributed by atoms with E-state index in [1.165, 1.54) is 11.8 Å². The number of benzene rings is 1. The number of hydrogen-bond donors (Lipinski definition) is 1. The summed E-state index contributed by atoms with van der Waals surface area (Å²) in [6, 6.07) is 7.65. The molecule has 0 bridgehead atoms. The predicted octanol–water partition coefficient (Wildman–Crippen LogP) is 3.67. The van der Waals surface area contributed by atoms with E-state index in [2.05, 4.69) is 22.3 Å². The summed E-state index contributed by atoms with van der Waals surface area (Å²) in [6.07, 6.45) is 3.37. The minimum Gasteiger partial charge on any atom is -0.494 e. The van der Waals surface area contributed by atoms with Crippen LogP contribution in [0.5, 0.6) is 5.75 Å². The summed E-state index contributed by atoms with van der Waals surface area (Å²) in [5, 5.41) is 8.68. The second-order valence-corrected chi connectivity index (χ2v) is 7.50. The maximum Gasteiger partial charge on any atom is 0.227 e. The fraction of sp³-hybridized carbons (Fsp3) is 0.421. The van der Waals surface area contributed by atoms with Crippen molar-refractivity contribution < 1.29 is 9.53 Å². The van der Waals surface area contributed by atoms with Crippen molar-refractivity contribution in [3.8, 4) is 5.75 Å². The minimum atomic E-state index is -0.268. The van der Waals surface area contributed by atoms with E-state index in [9.17, 15) is 4.79 Å². The van der Waals surface area contributed by atoms with Crippen LogP contribution in [0.2, 0.25) is 0 Å². The highest BCUT2D eigenvalue weighted by Gasteiger charge is 2.38. The molecule has 136 valence electrons. The molecule has 0 saturated carbocycles. The Morgan fingerprint density at radius 1 is 1.38 bits per heavy atom. The van der Waals surface area contributed by atoms with E-state index in [4.69, 9.17) is 4.74 Å². The number of nitrogens with zero attached hydrogens (tertiary/aromatic N) is 3. The van der Waals surface area contributed by atoms with Gasteiger partial charge in [0.15, 0.2) is 5.78 Å². The summed E-state index contributed by atoms with van der Waals surface area (Å²) in [5.41, 5.74) is 2.78. The van der Waals surface area contributed by atoms with Crippen molar-refractivity contribution in [2.45, 2.75) is 37.9 Å².